The molecule has 0 unspecified atom stereocenters. The number of hydrogen-bond donors (Lipinski definition) is 1. The zero-order valence-corrected chi connectivity index (χ0v) is 9.40. The molecule has 17 heavy (non-hydrogen) atoms. The van der Waals surface area contributed by atoms with Crippen molar-refractivity contribution in [2.75, 3.05) is 6.61 Å². The topological polar surface area (TPSA) is 63.6 Å². The summed E-state index contributed by atoms with van der Waals surface area (Å²) in [6.45, 7) is 2.30. The highest BCUT2D eigenvalue weighted by Gasteiger charge is 2.28. The predicted octanol–water partition coefficient (Wildman–Crippen LogP) is 2.08. The molecule has 1 aromatic rings. The summed E-state index contributed by atoms with van der Waals surface area (Å²) in [5.41, 5.74) is 0.255. The summed E-state index contributed by atoms with van der Waals surface area (Å²) < 4.78 is 5.22. The smallest absolute Gasteiger partial charge is 0.228 e. The molecule has 0 saturated carbocycles. The van der Waals surface area contributed by atoms with Gasteiger partial charge in [-0.25, -0.2) is 0 Å². The van der Waals surface area contributed by atoms with Gasteiger partial charge in [0.25, 0.3) is 0 Å². The van der Waals surface area contributed by atoms with E-state index >= 15 is 0 Å². The van der Waals surface area contributed by atoms with Gasteiger partial charge in [0.1, 0.15) is 5.75 Å². The minimum Gasteiger partial charge on any atom is -0.507 e. The van der Waals surface area contributed by atoms with E-state index in [1.165, 1.54) is 18.2 Å². The first-order valence-corrected chi connectivity index (χ1v) is 5.40. The third kappa shape index (κ3) is 1.93. The highest BCUT2D eigenvalue weighted by Crippen LogP contribution is 2.28. The molecule has 0 aliphatic heterocycles. The number of carbonyl (C=O) groups is 2. The number of phenolic OH excluding ortho intramolecular Hbond substituents is 1. The van der Waals surface area contributed by atoms with Crippen molar-refractivity contribution in [3.8, 4) is 5.75 Å². The number of ketones is 2. The molecule has 4 nitrogen and oxygen atoms in total. The molecule has 1 aliphatic carbocycles. The molecule has 1 N–H and O–H groups in total. The van der Waals surface area contributed by atoms with Crippen LogP contribution in [0.25, 0.3) is 0 Å². The highest BCUT2D eigenvalue weighted by molar-refractivity contribution is 6.24. The van der Waals surface area contributed by atoms with E-state index in [1.807, 2.05) is 6.92 Å². The second kappa shape index (κ2) is 4.41. The molecule has 0 bridgehead atoms. The van der Waals surface area contributed by atoms with Gasteiger partial charge in [-0.15, -0.1) is 0 Å². The molecule has 0 spiro atoms. The minimum atomic E-state index is -0.399. The van der Waals surface area contributed by atoms with Crippen molar-refractivity contribution in [2.45, 2.75) is 13.3 Å². The Morgan fingerprint density at radius 3 is 2.76 bits per heavy atom. The second-order valence-electron chi connectivity index (χ2n) is 3.75. The summed E-state index contributed by atoms with van der Waals surface area (Å²) >= 11 is 0. The number of allylic oxidation sites excluding steroid dienone is 2. The van der Waals surface area contributed by atoms with Gasteiger partial charge >= 0.3 is 0 Å². The number of phenols is 1. The van der Waals surface area contributed by atoms with Gasteiger partial charge < -0.3 is 9.84 Å². The van der Waals surface area contributed by atoms with E-state index < -0.39 is 5.78 Å². The lowest BCUT2D eigenvalue weighted by Gasteiger charge is -2.16. The van der Waals surface area contributed by atoms with Gasteiger partial charge in [-0.1, -0.05) is 13.0 Å². The van der Waals surface area contributed by atoms with Crippen molar-refractivity contribution < 1.29 is 19.4 Å². The van der Waals surface area contributed by atoms with Crippen LogP contribution in [0.5, 0.6) is 5.75 Å². The second-order valence-corrected chi connectivity index (χ2v) is 3.75. The van der Waals surface area contributed by atoms with Crippen molar-refractivity contribution in [3.05, 3.63) is 41.2 Å². The minimum absolute atomic E-state index is 0.0509. The Bertz CT molecular complexity index is 514. The molecule has 0 amide bonds. The zero-order chi connectivity index (χ0) is 12.4. The Kier molecular flexibility index (Phi) is 2.95. The van der Waals surface area contributed by atoms with Gasteiger partial charge in [-0.2, -0.15) is 0 Å². The third-order valence-corrected chi connectivity index (χ3v) is 2.48. The van der Waals surface area contributed by atoms with Gasteiger partial charge in [0.05, 0.1) is 12.2 Å². The fraction of sp³-hybridized carbons (Fsp3) is 0.231. The first kappa shape index (κ1) is 11.4. The number of aromatic hydroxyl groups is 1. The Hall–Kier alpha value is -2.10. The van der Waals surface area contributed by atoms with Gasteiger partial charge in [-0.3, -0.25) is 9.59 Å². The lowest BCUT2D eigenvalue weighted by atomic mass is 9.93. The fourth-order valence-corrected chi connectivity index (χ4v) is 1.70. The Labute approximate surface area is 98.5 Å². The molecule has 0 radical (unpaired) electrons. The van der Waals surface area contributed by atoms with Crippen LogP contribution in [0.4, 0.5) is 0 Å². The average Bonchev–Trinajstić information content (AvgIpc) is 2.31. The molecule has 88 valence electrons. The summed E-state index contributed by atoms with van der Waals surface area (Å²) in [6.07, 6.45) is 1.89. The van der Waals surface area contributed by atoms with Crippen LogP contribution in [-0.4, -0.2) is 23.3 Å². The maximum Gasteiger partial charge on any atom is 0.228 e. The number of fused-ring (bicyclic) bond motifs is 1. The number of ether oxygens (including phenoxy) is 1. The molecule has 0 saturated heterocycles. The van der Waals surface area contributed by atoms with Crippen LogP contribution in [0.1, 0.15) is 34.1 Å². The summed E-state index contributed by atoms with van der Waals surface area (Å²) in [7, 11) is 0. The van der Waals surface area contributed by atoms with Gasteiger partial charge in [0.15, 0.2) is 11.5 Å². The normalized spacial score (nSPS) is 14.3. The van der Waals surface area contributed by atoms with Crippen molar-refractivity contribution in [1.29, 1.82) is 0 Å². The van der Waals surface area contributed by atoms with E-state index in [2.05, 4.69) is 0 Å². The van der Waals surface area contributed by atoms with E-state index in [9.17, 15) is 14.7 Å². The van der Waals surface area contributed by atoms with E-state index in [1.54, 1.807) is 0 Å². The van der Waals surface area contributed by atoms with Gasteiger partial charge in [0.2, 0.25) is 5.78 Å². The maximum absolute atomic E-state index is 12.0. The number of Topliss-reactive ketones (excluding diaryl/α,β-unsaturated/α-hetero) is 1. The van der Waals surface area contributed by atoms with Crippen molar-refractivity contribution in [3.63, 3.8) is 0 Å². The Morgan fingerprint density at radius 2 is 2.06 bits per heavy atom. The third-order valence-electron chi connectivity index (χ3n) is 2.48. The molecule has 1 aliphatic rings. The monoisotopic (exact) mass is 232 g/mol. The van der Waals surface area contributed by atoms with Crippen molar-refractivity contribution in [2.24, 2.45) is 0 Å². The predicted molar refractivity (Wildman–Crippen MR) is 61.1 cm³/mol. The molecule has 4 heteroatoms. The van der Waals surface area contributed by atoms with Crippen molar-refractivity contribution in [1.82, 2.24) is 0 Å². The van der Waals surface area contributed by atoms with Crippen LogP contribution in [0.15, 0.2) is 30.0 Å². The quantitative estimate of drug-likeness (QED) is 0.866. The van der Waals surface area contributed by atoms with Crippen LogP contribution in [-0.2, 0) is 4.74 Å². The molecular formula is C13H12O4. The molecule has 0 atom stereocenters. The number of carbonyl (C=O) groups excluding carboxylic acids is 2. The molecule has 2 rings (SSSR count). The average molecular weight is 232 g/mol. The first-order chi connectivity index (χ1) is 8.15. The van der Waals surface area contributed by atoms with E-state index in [-0.39, 0.29) is 28.4 Å². The molecule has 0 aromatic heterocycles. The molecule has 1 aromatic carbocycles. The summed E-state index contributed by atoms with van der Waals surface area (Å²) in [5, 5.41) is 9.56. The lowest BCUT2D eigenvalue weighted by Crippen LogP contribution is -2.19. The standard InChI is InChI=1S/C13H12O4/c1-2-6-17-11-7-10(15)12-8(13(11)16)4-3-5-9(12)14/h3-5,7,14H,2,6H2,1H3. The first-order valence-electron chi connectivity index (χ1n) is 5.40. The van der Waals surface area contributed by atoms with E-state index in [0.717, 1.165) is 12.5 Å². The Morgan fingerprint density at radius 1 is 1.29 bits per heavy atom. The van der Waals surface area contributed by atoms with Crippen LogP contribution in [0.3, 0.4) is 0 Å². The largest absolute Gasteiger partial charge is 0.507 e. The van der Waals surface area contributed by atoms with E-state index in [0.29, 0.717) is 6.61 Å². The van der Waals surface area contributed by atoms with Gasteiger partial charge in [0, 0.05) is 11.6 Å². The molecule has 0 heterocycles. The summed E-state index contributed by atoms with van der Waals surface area (Å²) in [4.78, 5) is 23.7. The maximum atomic E-state index is 12.0. The number of benzene rings is 1. The lowest BCUT2D eigenvalue weighted by molar-refractivity contribution is 0.0881. The van der Waals surface area contributed by atoms with Gasteiger partial charge in [-0.05, 0) is 18.6 Å². The Balaban J connectivity index is 2.43. The number of rotatable bonds is 3. The highest BCUT2D eigenvalue weighted by atomic mass is 16.5. The van der Waals surface area contributed by atoms with Crippen molar-refractivity contribution >= 4 is 11.6 Å². The van der Waals surface area contributed by atoms with E-state index in [4.69, 9.17) is 4.74 Å². The SMILES string of the molecule is CCCOC1=CC(=O)c2c(O)cccc2C1=O. The number of hydrogen-bond acceptors (Lipinski definition) is 4. The molecule has 0 fully saturated rings. The molecular weight excluding hydrogens is 220 g/mol. The summed E-state index contributed by atoms with van der Waals surface area (Å²) in [6, 6.07) is 4.43. The fourth-order valence-electron chi connectivity index (χ4n) is 1.70. The van der Waals surface area contributed by atoms with Crippen LogP contribution in [0.2, 0.25) is 0 Å². The van der Waals surface area contributed by atoms with Crippen LogP contribution >= 0.6 is 0 Å². The van der Waals surface area contributed by atoms with Crippen LogP contribution in [0, 0.1) is 0 Å². The summed E-state index contributed by atoms with van der Waals surface area (Å²) in [5.74, 6) is -0.880. The zero-order valence-electron chi connectivity index (χ0n) is 9.40. The van der Waals surface area contributed by atoms with Crippen LogP contribution < -0.4 is 0 Å².